The number of carbonyl (C=O) groups excluding carboxylic acids is 1. The largest absolute Gasteiger partial charge is 0.372 e. The van der Waals surface area contributed by atoms with E-state index in [0.29, 0.717) is 19.0 Å². The molecule has 1 rings (SSSR count). The Kier molecular flexibility index (Phi) is 4.70. The topological polar surface area (TPSA) is 64.1 Å². The third kappa shape index (κ3) is 4.51. The molecule has 0 aromatic carbocycles. The van der Waals surface area contributed by atoms with Crippen LogP contribution < -0.4 is 5.32 Å². The van der Waals surface area contributed by atoms with Crippen molar-refractivity contribution in [3.8, 4) is 0 Å². The molecule has 0 fully saturated rings. The summed E-state index contributed by atoms with van der Waals surface area (Å²) in [5, 5.41) is 2.71. The predicted molar refractivity (Wildman–Crippen MR) is 55.1 cm³/mol. The van der Waals surface area contributed by atoms with Gasteiger partial charge in [-0.25, -0.2) is 9.97 Å². The first-order valence-electron chi connectivity index (χ1n) is 4.85. The fourth-order valence-corrected chi connectivity index (χ4v) is 1.04. The van der Waals surface area contributed by atoms with Crippen molar-refractivity contribution >= 4 is 5.91 Å². The van der Waals surface area contributed by atoms with Crippen LogP contribution in [-0.4, -0.2) is 29.1 Å². The molecule has 0 spiro atoms. The minimum absolute atomic E-state index is 0.0978. The molecular weight excluding hydrogens is 194 g/mol. The van der Waals surface area contributed by atoms with Crippen LogP contribution in [0.2, 0.25) is 0 Å². The molecule has 0 saturated heterocycles. The second kappa shape index (κ2) is 6.08. The number of nitrogens with zero attached hydrogens (tertiary/aromatic N) is 2. The van der Waals surface area contributed by atoms with Crippen molar-refractivity contribution in [2.45, 2.75) is 20.4 Å². The van der Waals surface area contributed by atoms with Crippen LogP contribution in [0.4, 0.5) is 0 Å². The Hall–Kier alpha value is -1.49. The van der Waals surface area contributed by atoms with Crippen LogP contribution in [0.25, 0.3) is 0 Å². The van der Waals surface area contributed by atoms with Crippen molar-refractivity contribution < 1.29 is 9.53 Å². The number of aryl methyl sites for hydroxylation is 1. The fourth-order valence-electron chi connectivity index (χ4n) is 1.04. The van der Waals surface area contributed by atoms with Gasteiger partial charge in [0.25, 0.3) is 0 Å². The van der Waals surface area contributed by atoms with Crippen molar-refractivity contribution in [3.05, 3.63) is 23.8 Å². The molecule has 0 aliphatic rings. The van der Waals surface area contributed by atoms with Crippen LogP contribution in [0, 0.1) is 6.92 Å². The van der Waals surface area contributed by atoms with Gasteiger partial charge in [-0.3, -0.25) is 4.79 Å². The van der Waals surface area contributed by atoms with Crippen LogP contribution >= 0.6 is 0 Å². The summed E-state index contributed by atoms with van der Waals surface area (Å²) < 4.78 is 4.96. The van der Waals surface area contributed by atoms with E-state index in [9.17, 15) is 4.79 Å². The average molecular weight is 209 g/mol. The molecule has 0 radical (unpaired) electrons. The quantitative estimate of drug-likeness (QED) is 0.764. The molecule has 5 heteroatoms. The summed E-state index contributed by atoms with van der Waals surface area (Å²) in [6.07, 6.45) is 1.67. The Labute approximate surface area is 88.9 Å². The van der Waals surface area contributed by atoms with Crippen molar-refractivity contribution in [2.75, 3.05) is 13.2 Å². The van der Waals surface area contributed by atoms with Gasteiger partial charge < -0.3 is 10.1 Å². The maximum atomic E-state index is 11.2. The monoisotopic (exact) mass is 209 g/mol. The Morgan fingerprint density at radius 3 is 3.07 bits per heavy atom. The number of hydrogen-bond donors (Lipinski definition) is 1. The highest BCUT2D eigenvalue weighted by Gasteiger charge is 2.01. The summed E-state index contributed by atoms with van der Waals surface area (Å²) in [5.74, 6) is 0.569. The maximum Gasteiger partial charge on any atom is 0.246 e. The van der Waals surface area contributed by atoms with Crippen LogP contribution in [0.15, 0.2) is 12.3 Å². The highest BCUT2D eigenvalue weighted by atomic mass is 16.5. The molecular formula is C10H15N3O2. The van der Waals surface area contributed by atoms with E-state index in [1.54, 1.807) is 12.3 Å². The van der Waals surface area contributed by atoms with Gasteiger partial charge in [0, 0.05) is 12.8 Å². The molecule has 0 aliphatic carbocycles. The van der Waals surface area contributed by atoms with Gasteiger partial charge in [0.2, 0.25) is 5.91 Å². The maximum absolute atomic E-state index is 11.2. The zero-order valence-corrected chi connectivity index (χ0v) is 8.99. The van der Waals surface area contributed by atoms with Crippen LogP contribution in [0.3, 0.4) is 0 Å². The lowest BCUT2D eigenvalue weighted by Crippen LogP contribution is -2.27. The molecule has 15 heavy (non-hydrogen) atoms. The SMILES string of the molecule is CCOCC(=O)NCc1ccnc(C)n1. The Bertz CT molecular complexity index is 328. The second-order valence-corrected chi connectivity index (χ2v) is 3.01. The number of nitrogens with one attached hydrogen (secondary N) is 1. The van der Waals surface area contributed by atoms with E-state index in [1.807, 2.05) is 13.8 Å². The Morgan fingerprint density at radius 1 is 1.60 bits per heavy atom. The molecule has 1 aromatic heterocycles. The summed E-state index contributed by atoms with van der Waals surface area (Å²) in [6, 6.07) is 1.77. The highest BCUT2D eigenvalue weighted by molar-refractivity contribution is 5.77. The molecule has 1 aromatic rings. The molecule has 0 aliphatic heterocycles. The molecule has 1 N–H and O–H groups in total. The van der Waals surface area contributed by atoms with Crippen LogP contribution in [0.5, 0.6) is 0 Å². The number of aromatic nitrogens is 2. The second-order valence-electron chi connectivity index (χ2n) is 3.01. The van der Waals surface area contributed by atoms with E-state index in [1.165, 1.54) is 0 Å². The fraction of sp³-hybridized carbons (Fsp3) is 0.500. The number of rotatable bonds is 5. The molecule has 0 unspecified atom stereocenters. The zero-order chi connectivity index (χ0) is 11.1. The Balaban J connectivity index is 2.33. The first-order chi connectivity index (χ1) is 7.22. The normalized spacial score (nSPS) is 10.0. The van der Waals surface area contributed by atoms with Crippen LogP contribution in [0.1, 0.15) is 18.4 Å². The highest BCUT2D eigenvalue weighted by Crippen LogP contribution is 1.93. The van der Waals surface area contributed by atoms with Gasteiger partial charge in [0.1, 0.15) is 12.4 Å². The van der Waals surface area contributed by atoms with Gasteiger partial charge in [-0.2, -0.15) is 0 Å². The summed E-state index contributed by atoms with van der Waals surface area (Å²) in [4.78, 5) is 19.3. The Morgan fingerprint density at radius 2 is 2.40 bits per heavy atom. The van der Waals surface area contributed by atoms with E-state index in [-0.39, 0.29) is 12.5 Å². The summed E-state index contributed by atoms with van der Waals surface area (Å²) in [5.41, 5.74) is 0.798. The van der Waals surface area contributed by atoms with Gasteiger partial charge >= 0.3 is 0 Å². The average Bonchev–Trinajstić information content (AvgIpc) is 2.23. The molecule has 82 valence electrons. The predicted octanol–water partition coefficient (Wildman–Crippen LogP) is 0.438. The van der Waals surface area contributed by atoms with Gasteiger partial charge in [-0.15, -0.1) is 0 Å². The first-order valence-corrected chi connectivity index (χ1v) is 4.85. The van der Waals surface area contributed by atoms with E-state index in [2.05, 4.69) is 15.3 Å². The van der Waals surface area contributed by atoms with Crippen LogP contribution in [-0.2, 0) is 16.1 Å². The number of hydrogen-bond acceptors (Lipinski definition) is 4. The van der Waals surface area contributed by atoms with Crippen molar-refractivity contribution in [3.63, 3.8) is 0 Å². The first kappa shape index (κ1) is 11.6. The van der Waals surface area contributed by atoms with Gasteiger partial charge in [-0.05, 0) is 19.9 Å². The summed E-state index contributed by atoms with van der Waals surface area (Å²) >= 11 is 0. The van der Waals surface area contributed by atoms with E-state index < -0.39 is 0 Å². The summed E-state index contributed by atoms with van der Waals surface area (Å²) in [6.45, 7) is 4.71. The molecule has 1 amide bonds. The van der Waals surface area contributed by atoms with E-state index >= 15 is 0 Å². The third-order valence-electron chi connectivity index (χ3n) is 1.74. The summed E-state index contributed by atoms with van der Waals surface area (Å²) in [7, 11) is 0. The number of ether oxygens (including phenoxy) is 1. The van der Waals surface area contributed by atoms with Gasteiger partial charge in [-0.1, -0.05) is 0 Å². The van der Waals surface area contributed by atoms with E-state index in [4.69, 9.17) is 4.74 Å². The zero-order valence-electron chi connectivity index (χ0n) is 8.99. The molecule has 5 nitrogen and oxygen atoms in total. The van der Waals surface area contributed by atoms with Gasteiger partial charge in [0.15, 0.2) is 0 Å². The molecule has 0 bridgehead atoms. The standard InChI is InChI=1S/C10H15N3O2/c1-3-15-7-10(14)12-6-9-4-5-11-8(2)13-9/h4-5H,3,6-7H2,1-2H3,(H,12,14). The smallest absolute Gasteiger partial charge is 0.246 e. The molecule has 0 atom stereocenters. The van der Waals surface area contributed by atoms with Gasteiger partial charge in [0.05, 0.1) is 12.2 Å². The van der Waals surface area contributed by atoms with E-state index in [0.717, 1.165) is 5.69 Å². The number of carbonyl (C=O) groups is 1. The lowest BCUT2D eigenvalue weighted by atomic mass is 10.4. The molecule has 0 saturated carbocycles. The van der Waals surface area contributed by atoms with Crippen molar-refractivity contribution in [2.24, 2.45) is 0 Å². The minimum atomic E-state index is -0.131. The van der Waals surface area contributed by atoms with Crippen molar-refractivity contribution in [1.29, 1.82) is 0 Å². The number of amides is 1. The van der Waals surface area contributed by atoms with Crippen molar-refractivity contribution in [1.82, 2.24) is 15.3 Å². The minimum Gasteiger partial charge on any atom is -0.372 e. The molecule has 1 heterocycles. The lowest BCUT2D eigenvalue weighted by Gasteiger charge is -2.04. The third-order valence-corrected chi connectivity index (χ3v) is 1.74. The lowest BCUT2D eigenvalue weighted by molar-refractivity contribution is -0.125.